The average molecular weight is 416 g/mol. The van der Waals surface area contributed by atoms with Crippen molar-refractivity contribution in [2.24, 2.45) is 0 Å². The summed E-state index contributed by atoms with van der Waals surface area (Å²) in [5.41, 5.74) is 1.44. The number of benzene rings is 2. The standard InChI is InChI=1S/C19H20ClF2N3O.ClH/c20-15-3-1-2-14(8-15)18-11-23-4-5-25(18)12-19(26)24-10-13-6-16(21)9-17(22)7-13;/h1-3,6-9,18,23H,4-5,10-12H2,(H,24,26);1H. The Morgan fingerprint density at radius 3 is 2.67 bits per heavy atom. The molecule has 8 heteroatoms. The molecule has 27 heavy (non-hydrogen) atoms. The zero-order chi connectivity index (χ0) is 18.5. The number of halogens is 4. The highest BCUT2D eigenvalue weighted by atomic mass is 35.5. The maximum Gasteiger partial charge on any atom is 0.234 e. The SMILES string of the molecule is Cl.O=C(CN1CCNCC1c1cccc(Cl)c1)NCc1cc(F)cc(F)c1. The van der Waals surface area contributed by atoms with Gasteiger partial charge in [-0.05, 0) is 35.4 Å². The third-order valence-corrected chi connectivity index (χ3v) is 4.58. The molecule has 1 aliphatic heterocycles. The van der Waals surface area contributed by atoms with Crippen molar-refractivity contribution in [3.63, 3.8) is 0 Å². The first-order valence-corrected chi connectivity index (χ1v) is 8.81. The van der Waals surface area contributed by atoms with E-state index in [-0.39, 0.29) is 37.4 Å². The second-order valence-corrected chi connectivity index (χ2v) is 6.74. The Bertz CT molecular complexity index is 771. The van der Waals surface area contributed by atoms with Crippen LogP contribution in [-0.4, -0.2) is 37.0 Å². The fraction of sp³-hybridized carbons (Fsp3) is 0.316. The van der Waals surface area contributed by atoms with E-state index in [1.165, 1.54) is 12.1 Å². The van der Waals surface area contributed by atoms with Gasteiger partial charge in [0.05, 0.1) is 6.54 Å². The lowest BCUT2D eigenvalue weighted by Gasteiger charge is -2.36. The van der Waals surface area contributed by atoms with E-state index < -0.39 is 11.6 Å². The predicted molar refractivity (Wildman–Crippen MR) is 104 cm³/mol. The van der Waals surface area contributed by atoms with E-state index in [1.807, 2.05) is 24.3 Å². The van der Waals surface area contributed by atoms with Crippen molar-refractivity contribution in [1.29, 1.82) is 0 Å². The molecule has 0 spiro atoms. The molecule has 0 bridgehead atoms. The number of hydrogen-bond acceptors (Lipinski definition) is 3. The Morgan fingerprint density at radius 2 is 1.96 bits per heavy atom. The molecule has 0 saturated carbocycles. The van der Waals surface area contributed by atoms with Crippen LogP contribution in [0.5, 0.6) is 0 Å². The van der Waals surface area contributed by atoms with Crippen LogP contribution >= 0.6 is 24.0 Å². The van der Waals surface area contributed by atoms with E-state index in [1.54, 1.807) is 0 Å². The summed E-state index contributed by atoms with van der Waals surface area (Å²) in [7, 11) is 0. The molecule has 4 nitrogen and oxygen atoms in total. The van der Waals surface area contributed by atoms with Gasteiger partial charge in [0.2, 0.25) is 5.91 Å². The number of rotatable bonds is 5. The summed E-state index contributed by atoms with van der Waals surface area (Å²) in [4.78, 5) is 14.4. The molecule has 1 heterocycles. The lowest BCUT2D eigenvalue weighted by atomic mass is 10.0. The minimum absolute atomic E-state index is 0. The Kier molecular flexibility index (Phi) is 7.98. The normalized spacial score (nSPS) is 17.2. The van der Waals surface area contributed by atoms with Crippen molar-refractivity contribution in [2.45, 2.75) is 12.6 Å². The number of piperazine rings is 1. The third kappa shape index (κ3) is 6.14. The first-order valence-electron chi connectivity index (χ1n) is 8.43. The monoisotopic (exact) mass is 415 g/mol. The van der Waals surface area contributed by atoms with Gasteiger partial charge in [-0.15, -0.1) is 12.4 Å². The van der Waals surface area contributed by atoms with Gasteiger partial charge in [-0.25, -0.2) is 8.78 Å². The summed E-state index contributed by atoms with van der Waals surface area (Å²) >= 11 is 6.08. The van der Waals surface area contributed by atoms with Gasteiger partial charge in [-0.3, -0.25) is 9.69 Å². The van der Waals surface area contributed by atoms with Gasteiger partial charge in [-0.1, -0.05) is 23.7 Å². The van der Waals surface area contributed by atoms with Crippen molar-refractivity contribution in [1.82, 2.24) is 15.5 Å². The van der Waals surface area contributed by atoms with Crippen molar-refractivity contribution < 1.29 is 13.6 Å². The van der Waals surface area contributed by atoms with Crippen molar-refractivity contribution >= 4 is 29.9 Å². The van der Waals surface area contributed by atoms with Crippen LogP contribution in [0.15, 0.2) is 42.5 Å². The molecule has 1 amide bonds. The van der Waals surface area contributed by atoms with Crippen LogP contribution in [0.3, 0.4) is 0 Å². The van der Waals surface area contributed by atoms with Gasteiger partial charge in [0.1, 0.15) is 11.6 Å². The second kappa shape index (κ2) is 9.99. The molecule has 2 aromatic carbocycles. The minimum atomic E-state index is -0.655. The largest absolute Gasteiger partial charge is 0.351 e. The smallest absolute Gasteiger partial charge is 0.234 e. The zero-order valence-corrected chi connectivity index (χ0v) is 16.1. The number of nitrogens with zero attached hydrogens (tertiary/aromatic N) is 1. The first kappa shape index (κ1) is 21.6. The molecule has 3 rings (SSSR count). The highest BCUT2D eigenvalue weighted by molar-refractivity contribution is 6.30. The fourth-order valence-electron chi connectivity index (χ4n) is 3.13. The molecule has 1 unspecified atom stereocenters. The maximum absolute atomic E-state index is 13.2. The van der Waals surface area contributed by atoms with Crippen LogP contribution in [0.2, 0.25) is 5.02 Å². The second-order valence-electron chi connectivity index (χ2n) is 6.30. The first-order chi connectivity index (χ1) is 12.5. The molecule has 0 aromatic heterocycles. The molecule has 2 N–H and O–H groups in total. The van der Waals surface area contributed by atoms with E-state index in [2.05, 4.69) is 15.5 Å². The van der Waals surface area contributed by atoms with Crippen molar-refractivity contribution in [3.8, 4) is 0 Å². The lowest BCUT2D eigenvalue weighted by molar-refractivity contribution is -0.123. The van der Waals surface area contributed by atoms with Gasteiger partial charge in [0.25, 0.3) is 0 Å². The molecular formula is C19H21Cl2F2N3O. The molecule has 146 valence electrons. The molecule has 1 fully saturated rings. The number of hydrogen-bond donors (Lipinski definition) is 2. The molecular weight excluding hydrogens is 395 g/mol. The minimum Gasteiger partial charge on any atom is -0.351 e. The van der Waals surface area contributed by atoms with E-state index >= 15 is 0 Å². The van der Waals surface area contributed by atoms with E-state index in [9.17, 15) is 13.6 Å². The summed E-state index contributed by atoms with van der Waals surface area (Å²) in [6.07, 6.45) is 0. The summed E-state index contributed by atoms with van der Waals surface area (Å²) in [5, 5.41) is 6.71. The molecule has 2 aromatic rings. The Hall–Kier alpha value is -1.73. The average Bonchev–Trinajstić information content (AvgIpc) is 2.60. The van der Waals surface area contributed by atoms with Gasteiger partial charge in [0, 0.05) is 43.3 Å². The highest BCUT2D eigenvalue weighted by Crippen LogP contribution is 2.24. The molecule has 1 atom stereocenters. The van der Waals surface area contributed by atoms with Crippen LogP contribution in [0.25, 0.3) is 0 Å². The molecule has 1 aliphatic rings. The molecule has 1 saturated heterocycles. The van der Waals surface area contributed by atoms with Gasteiger partial charge in [-0.2, -0.15) is 0 Å². The van der Waals surface area contributed by atoms with E-state index in [0.717, 1.165) is 31.3 Å². The van der Waals surface area contributed by atoms with Gasteiger partial charge >= 0.3 is 0 Å². The summed E-state index contributed by atoms with van der Waals surface area (Å²) < 4.78 is 26.4. The Labute approximate surface area is 168 Å². The highest BCUT2D eigenvalue weighted by Gasteiger charge is 2.25. The van der Waals surface area contributed by atoms with E-state index in [4.69, 9.17) is 11.6 Å². The number of carbonyl (C=O) groups excluding carboxylic acids is 1. The summed E-state index contributed by atoms with van der Waals surface area (Å²) in [6, 6.07) is 10.9. The third-order valence-electron chi connectivity index (χ3n) is 4.35. The lowest BCUT2D eigenvalue weighted by Crippen LogP contribution is -2.49. The van der Waals surface area contributed by atoms with Crippen molar-refractivity contribution in [3.05, 3.63) is 70.2 Å². The molecule has 0 radical (unpaired) electrons. The van der Waals surface area contributed by atoms with E-state index in [0.29, 0.717) is 10.6 Å². The topological polar surface area (TPSA) is 44.4 Å². The predicted octanol–water partition coefficient (Wildman–Crippen LogP) is 3.30. The van der Waals surface area contributed by atoms with Crippen molar-refractivity contribution in [2.75, 3.05) is 26.2 Å². The number of amides is 1. The zero-order valence-electron chi connectivity index (χ0n) is 14.6. The van der Waals surface area contributed by atoms with Crippen LogP contribution in [0.4, 0.5) is 8.78 Å². The van der Waals surface area contributed by atoms with Crippen LogP contribution in [0, 0.1) is 11.6 Å². The van der Waals surface area contributed by atoms with Crippen LogP contribution in [0.1, 0.15) is 17.2 Å². The Balaban J connectivity index is 0.00000261. The van der Waals surface area contributed by atoms with Crippen LogP contribution in [-0.2, 0) is 11.3 Å². The quantitative estimate of drug-likeness (QED) is 0.787. The Morgan fingerprint density at radius 1 is 1.22 bits per heavy atom. The van der Waals surface area contributed by atoms with Gasteiger partial charge in [0.15, 0.2) is 0 Å². The van der Waals surface area contributed by atoms with Crippen LogP contribution < -0.4 is 10.6 Å². The maximum atomic E-state index is 13.2. The molecule has 0 aliphatic carbocycles. The fourth-order valence-corrected chi connectivity index (χ4v) is 3.33. The number of carbonyl (C=O) groups is 1. The summed E-state index contributed by atoms with van der Waals surface area (Å²) in [6.45, 7) is 2.53. The van der Waals surface area contributed by atoms with Gasteiger partial charge < -0.3 is 10.6 Å². The summed E-state index contributed by atoms with van der Waals surface area (Å²) in [5.74, 6) is -1.50. The number of nitrogens with one attached hydrogen (secondary N) is 2.